The van der Waals surface area contributed by atoms with Crippen LogP contribution in [0.25, 0.3) is 0 Å². The first-order valence-corrected chi connectivity index (χ1v) is 8.23. The topological polar surface area (TPSA) is 64.7 Å². The van der Waals surface area contributed by atoms with Crippen LogP contribution < -0.4 is 5.32 Å². The highest BCUT2D eigenvalue weighted by Gasteiger charge is 2.24. The lowest BCUT2D eigenvalue weighted by molar-refractivity contribution is 0.102. The van der Waals surface area contributed by atoms with Gasteiger partial charge in [0.2, 0.25) is 0 Å². The van der Waals surface area contributed by atoms with Gasteiger partial charge in [-0.15, -0.1) is 0 Å². The molecule has 0 saturated carbocycles. The van der Waals surface area contributed by atoms with Gasteiger partial charge in [0.1, 0.15) is 5.82 Å². The summed E-state index contributed by atoms with van der Waals surface area (Å²) in [6, 6.07) is 0. The van der Waals surface area contributed by atoms with Crippen molar-refractivity contribution in [3.8, 4) is 0 Å². The fourth-order valence-electron chi connectivity index (χ4n) is 2.58. The summed E-state index contributed by atoms with van der Waals surface area (Å²) >= 11 is 1.83. The third kappa shape index (κ3) is 2.46. The largest absolute Gasteiger partial charge is 0.306 e. The number of nitrogens with one attached hydrogen (secondary N) is 1. The summed E-state index contributed by atoms with van der Waals surface area (Å²) in [5.41, 5.74) is 3.76. The Kier molecular flexibility index (Phi) is 3.75. The van der Waals surface area contributed by atoms with Gasteiger partial charge >= 0.3 is 0 Å². The first-order chi connectivity index (χ1) is 10.1. The normalized spacial score (nSPS) is 13.5. The minimum Gasteiger partial charge on any atom is -0.306 e. The maximum absolute atomic E-state index is 12.5. The van der Waals surface area contributed by atoms with E-state index in [1.165, 1.54) is 0 Å². The van der Waals surface area contributed by atoms with E-state index in [0.717, 1.165) is 47.2 Å². The number of carbonyl (C=O) groups is 1. The molecule has 0 aromatic carbocycles. The molecule has 21 heavy (non-hydrogen) atoms. The van der Waals surface area contributed by atoms with E-state index >= 15 is 0 Å². The predicted molar refractivity (Wildman–Crippen MR) is 83.4 cm³/mol. The average Bonchev–Trinajstić information content (AvgIpc) is 3.10. The van der Waals surface area contributed by atoms with Crippen LogP contribution in [0.5, 0.6) is 0 Å². The summed E-state index contributed by atoms with van der Waals surface area (Å²) in [5, 5.41) is 11.7. The zero-order chi connectivity index (χ0) is 15.0. The monoisotopic (exact) mass is 305 g/mol. The summed E-state index contributed by atoms with van der Waals surface area (Å²) in [6.07, 6.45) is 2.64. The molecular formula is C14H19N5OS. The summed E-state index contributed by atoms with van der Waals surface area (Å²) < 4.78 is 3.63. The maximum atomic E-state index is 12.5. The Balaban J connectivity index is 1.84. The average molecular weight is 305 g/mol. The molecule has 0 unspecified atom stereocenters. The van der Waals surface area contributed by atoms with E-state index in [0.29, 0.717) is 5.56 Å². The van der Waals surface area contributed by atoms with Crippen molar-refractivity contribution in [2.45, 2.75) is 38.3 Å². The van der Waals surface area contributed by atoms with E-state index in [9.17, 15) is 4.79 Å². The Morgan fingerprint density at radius 2 is 2.29 bits per heavy atom. The van der Waals surface area contributed by atoms with Crippen molar-refractivity contribution in [1.82, 2.24) is 19.6 Å². The Hall–Kier alpha value is -1.76. The standard InChI is InChI=1S/C14H19N5OS/c1-4-5-19-9(2)10(6-15-19)14(20)16-13-11-7-21-8-12(11)17-18(13)3/h6H,4-5,7-8H2,1-3H3,(H,16,20). The van der Waals surface area contributed by atoms with Gasteiger partial charge in [0.15, 0.2) is 0 Å². The van der Waals surface area contributed by atoms with Crippen molar-refractivity contribution >= 4 is 23.5 Å². The Bertz CT molecular complexity index is 688. The van der Waals surface area contributed by atoms with E-state index in [2.05, 4.69) is 22.4 Å². The van der Waals surface area contributed by atoms with Crippen LogP contribution in [0.3, 0.4) is 0 Å². The van der Waals surface area contributed by atoms with Crippen LogP contribution in [-0.2, 0) is 25.1 Å². The molecule has 3 heterocycles. The van der Waals surface area contributed by atoms with Crippen molar-refractivity contribution in [2.75, 3.05) is 5.32 Å². The molecule has 0 spiro atoms. The molecule has 1 aliphatic heterocycles. The molecule has 2 aromatic rings. The summed E-state index contributed by atoms with van der Waals surface area (Å²) in [6.45, 7) is 4.86. The predicted octanol–water partition coefficient (Wildman–Crippen LogP) is 2.33. The number of anilines is 1. The molecule has 7 heteroatoms. The smallest absolute Gasteiger partial charge is 0.260 e. The lowest BCUT2D eigenvalue weighted by atomic mass is 10.2. The van der Waals surface area contributed by atoms with Gasteiger partial charge in [-0.3, -0.25) is 14.2 Å². The Morgan fingerprint density at radius 1 is 1.48 bits per heavy atom. The molecule has 0 bridgehead atoms. The van der Waals surface area contributed by atoms with Crippen molar-refractivity contribution < 1.29 is 4.79 Å². The Morgan fingerprint density at radius 3 is 3.05 bits per heavy atom. The zero-order valence-corrected chi connectivity index (χ0v) is 13.3. The Labute approximate surface area is 127 Å². The van der Waals surface area contributed by atoms with E-state index in [-0.39, 0.29) is 5.91 Å². The van der Waals surface area contributed by atoms with Gasteiger partial charge in [-0.25, -0.2) is 0 Å². The maximum Gasteiger partial charge on any atom is 0.260 e. The molecule has 1 amide bonds. The van der Waals surface area contributed by atoms with Crippen LogP contribution in [-0.4, -0.2) is 25.5 Å². The molecule has 1 aliphatic rings. The van der Waals surface area contributed by atoms with Crippen molar-refractivity contribution in [3.63, 3.8) is 0 Å². The molecule has 3 rings (SSSR count). The molecule has 0 fully saturated rings. The molecule has 0 saturated heterocycles. The first-order valence-electron chi connectivity index (χ1n) is 7.08. The van der Waals surface area contributed by atoms with Crippen molar-refractivity contribution in [3.05, 3.63) is 28.7 Å². The van der Waals surface area contributed by atoms with Crippen LogP contribution in [0, 0.1) is 6.92 Å². The molecular weight excluding hydrogens is 286 g/mol. The van der Waals surface area contributed by atoms with Gasteiger partial charge in [0, 0.05) is 36.4 Å². The molecule has 1 N–H and O–H groups in total. The second kappa shape index (κ2) is 5.55. The fraction of sp³-hybridized carbons (Fsp3) is 0.500. The SMILES string of the molecule is CCCn1ncc(C(=O)Nc2c3c(nn2C)CSC3)c1C. The number of fused-ring (bicyclic) bond motifs is 1. The quantitative estimate of drug-likeness (QED) is 0.941. The number of hydrogen-bond donors (Lipinski definition) is 1. The van der Waals surface area contributed by atoms with Gasteiger partial charge in [-0.1, -0.05) is 6.92 Å². The van der Waals surface area contributed by atoms with Gasteiger partial charge < -0.3 is 5.32 Å². The first kappa shape index (κ1) is 14.2. The third-order valence-corrected chi connectivity index (χ3v) is 4.70. The van der Waals surface area contributed by atoms with Crippen molar-refractivity contribution in [1.29, 1.82) is 0 Å². The van der Waals surface area contributed by atoms with E-state index in [1.54, 1.807) is 10.9 Å². The second-order valence-electron chi connectivity index (χ2n) is 5.21. The number of rotatable bonds is 4. The number of amides is 1. The summed E-state index contributed by atoms with van der Waals surface area (Å²) in [4.78, 5) is 12.5. The highest BCUT2D eigenvalue weighted by molar-refractivity contribution is 7.98. The second-order valence-corrected chi connectivity index (χ2v) is 6.20. The van der Waals surface area contributed by atoms with Crippen LogP contribution in [0.4, 0.5) is 5.82 Å². The van der Waals surface area contributed by atoms with Crippen molar-refractivity contribution in [2.24, 2.45) is 7.05 Å². The van der Waals surface area contributed by atoms with E-state index < -0.39 is 0 Å². The lowest BCUT2D eigenvalue weighted by Gasteiger charge is -2.08. The number of thioether (sulfide) groups is 1. The minimum atomic E-state index is -0.113. The molecule has 0 radical (unpaired) electrons. The van der Waals surface area contributed by atoms with Crippen LogP contribution in [0.15, 0.2) is 6.20 Å². The molecule has 0 aliphatic carbocycles. The number of carbonyl (C=O) groups excluding carboxylic acids is 1. The summed E-state index contributed by atoms with van der Waals surface area (Å²) in [7, 11) is 1.87. The molecule has 0 atom stereocenters. The molecule has 112 valence electrons. The van der Waals surface area contributed by atoms with Crippen LogP contribution in [0.2, 0.25) is 0 Å². The zero-order valence-electron chi connectivity index (χ0n) is 12.5. The number of aryl methyl sites for hydroxylation is 2. The minimum absolute atomic E-state index is 0.113. The van der Waals surface area contributed by atoms with Gasteiger partial charge in [0.05, 0.1) is 17.5 Å². The molecule has 6 nitrogen and oxygen atoms in total. The number of nitrogens with zero attached hydrogens (tertiary/aromatic N) is 4. The van der Waals surface area contributed by atoms with Gasteiger partial charge in [-0.2, -0.15) is 22.0 Å². The summed E-state index contributed by atoms with van der Waals surface area (Å²) in [5.74, 6) is 2.53. The van der Waals surface area contributed by atoms with E-state index in [1.807, 2.05) is 30.4 Å². The van der Waals surface area contributed by atoms with E-state index in [4.69, 9.17) is 0 Å². The highest BCUT2D eigenvalue weighted by Crippen LogP contribution is 2.34. The molecule has 2 aromatic heterocycles. The number of hydrogen-bond acceptors (Lipinski definition) is 4. The lowest BCUT2D eigenvalue weighted by Crippen LogP contribution is -2.16. The van der Waals surface area contributed by atoms with Gasteiger partial charge in [0.25, 0.3) is 5.91 Å². The number of aromatic nitrogens is 4. The van der Waals surface area contributed by atoms with Gasteiger partial charge in [-0.05, 0) is 13.3 Å². The third-order valence-electron chi connectivity index (χ3n) is 3.73. The highest BCUT2D eigenvalue weighted by atomic mass is 32.2. The van der Waals surface area contributed by atoms with Crippen LogP contribution >= 0.6 is 11.8 Å². The van der Waals surface area contributed by atoms with Crippen LogP contribution in [0.1, 0.15) is 40.7 Å². The fourth-order valence-corrected chi connectivity index (χ4v) is 3.61.